The molecule has 0 unspecified atom stereocenters. The Balaban J connectivity index is 2.05. The third kappa shape index (κ3) is 4.49. The van der Waals surface area contributed by atoms with Gasteiger partial charge in [0, 0.05) is 10.1 Å². The highest BCUT2D eigenvalue weighted by Gasteiger charge is 2.02. The van der Waals surface area contributed by atoms with E-state index in [9.17, 15) is 0 Å². The summed E-state index contributed by atoms with van der Waals surface area (Å²) in [6.07, 6.45) is 1.16. The first-order valence-electron chi connectivity index (χ1n) is 6.92. The molecule has 0 fully saturated rings. The predicted octanol–water partition coefficient (Wildman–Crippen LogP) is 4.89. The molecule has 1 N–H and O–H groups in total. The number of ether oxygens (including phenoxy) is 1. The van der Waals surface area contributed by atoms with E-state index in [1.165, 1.54) is 14.7 Å². The van der Waals surface area contributed by atoms with Gasteiger partial charge in [0.25, 0.3) is 0 Å². The third-order valence-electron chi connectivity index (χ3n) is 3.09. The predicted molar refractivity (Wildman–Crippen MR) is 92.4 cm³/mol. The molecule has 0 radical (unpaired) electrons. The fourth-order valence-corrected chi connectivity index (χ4v) is 2.51. The fourth-order valence-electron chi connectivity index (χ4n) is 2.00. The Labute approximate surface area is 134 Å². The highest BCUT2D eigenvalue weighted by atomic mass is 127. The summed E-state index contributed by atoms with van der Waals surface area (Å²) in [7, 11) is 0. The molecule has 2 rings (SSSR count). The molecule has 2 aromatic rings. The molecule has 3 heteroatoms. The molecule has 0 amide bonds. The first kappa shape index (κ1) is 15.3. The summed E-state index contributed by atoms with van der Waals surface area (Å²) in [4.78, 5) is 0. The maximum atomic E-state index is 5.90. The van der Waals surface area contributed by atoms with Gasteiger partial charge in [0.1, 0.15) is 11.5 Å². The van der Waals surface area contributed by atoms with Crippen LogP contribution in [0.4, 0.5) is 0 Å². The first-order valence-corrected chi connectivity index (χ1v) is 8.00. The molecule has 0 aliphatic carbocycles. The summed E-state index contributed by atoms with van der Waals surface area (Å²) in [6, 6.07) is 14.4. The maximum absolute atomic E-state index is 5.90. The van der Waals surface area contributed by atoms with Crippen molar-refractivity contribution >= 4 is 22.6 Å². The van der Waals surface area contributed by atoms with E-state index in [0.29, 0.717) is 0 Å². The molecule has 0 spiro atoms. The SMILES string of the molecule is CCCNCc1ccc(Oc2cccc(I)c2)cc1C. The van der Waals surface area contributed by atoms with Crippen molar-refractivity contribution in [2.75, 3.05) is 6.54 Å². The second-order valence-corrected chi connectivity index (χ2v) is 6.07. The molecule has 0 saturated carbocycles. The van der Waals surface area contributed by atoms with Crippen molar-refractivity contribution in [1.29, 1.82) is 0 Å². The van der Waals surface area contributed by atoms with Crippen molar-refractivity contribution in [1.82, 2.24) is 5.32 Å². The number of nitrogens with one attached hydrogen (secondary N) is 1. The van der Waals surface area contributed by atoms with E-state index in [0.717, 1.165) is 31.0 Å². The molecule has 2 aromatic carbocycles. The number of hydrogen-bond donors (Lipinski definition) is 1. The lowest BCUT2D eigenvalue weighted by Crippen LogP contribution is -2.14. The summed E-state index contributed by atoms with van der Waals surface area (Å²) in [5, 5.41) is 3.43. The van der Waals surface area contributed by atoms with Crippen LogP contribution < -0.4 is 10.1 Å². The quantitative estimate of drug-likeness (QED) is 0.568. The van der Waals surface area contributed by atoms with Crippen molar-refractivity contribution < 1.29 is 4.74 Å². The molecule has 0 aliphatic rings. The van der Waals surface area contributed by atoms with Crippen LogP contribution in [0.15, 0.2) is 42.5 Å². The number of benzene rings is 2. The van der Waals surface area contributed by atoms with E-state index in [2.05, 4.69) is 60.0 Å². The van der Waals surface area contributed by atoms with Crippen LogP contribution in [0.5, 0.6) is 11.5 Å². The number of halogens is 1. The number of aryl methyl sites for hydroxylation is 1. The van der Waals surface area contributed by atoms with Crippen LogP contribution in [0, 0.1) is 10.5 Å². The van der Waals surface area contributed by atoms with Gasteiger partial charge < -0.3 is 10.1 Å². The van der Waals surface area contributed by atoms with Crippen molar-refractivity contribution in [3.63, 3.8) is 0 Å². The highest BCUT2D eigenvalue weighted by Crippen LogP contribution is 2.25. The third-order valence-corrected chi connectivity index (χ3v) is 3.76. The Morgan fingerprint density at radius 1 is 1.10 bits per heavy atom. The number of rotatable bonds is 6. The van der Waals surface area contributed by atoms with Crippen LogP contribution in [0.2, 0.25) is 0 Å². The van der Waals surface area contributed by atoms with Gasteiger partial charge in [-0.2, -0.15) is 0 Å². The Morgan fingerprint density at radius 2 is 1.90 bits per heavy atom. The molecule has 0 aliphatic heterocycles. The van der Waals surface area contributed by atoms with Gasteiger partial charge in [0.05, 0.1) is 0 Å². The summed E-state index contributed by atoms with van der Waals surface area (Å²) >= 11 is 2.29. The zero-order valence-corrected chi connectivity index (χ0v) is 14.1. The van der Waals surface area contributed by atoms with Gasteiger partial charge in [-0.05, 0) is 83.9 Å². The minimum absolute atomic E-state index is 0.883. The summed E-state index contributed by atoms with van der Waals surface area (Å²) < 4.78 is 7.07. The Hall–Kier alpha value is -1.07. The van der Waals surface area contributed by atoms with Gasteiger partial charge in [-0.1, -0.05) is 19.1 Å². The van der Waals surface area contributed by atoms with E-state index in [1.807, 2.05) is 24.3 Å². The molecule has 106 valence electrons. The smallest absolute Gasteiger partial charge is 0.128 e. The van der Waals surface area contributed by atoms with Crippen LogP contribution >= 0.6 is 22.6 Å². The van der Waals surface area contributed by atoms with Crippen LogP contribution in [-0.4, -0.2) is 6.54 Å². The fraction of sp³-hybridized carbons (Fsp3) is 0.294. The number of hydrogen-bond acceptors (Lipinski definition) is 2. The summed E-state index contributed by atoms with van der Waals surface area (Å²) in [5.41, 5.74) is 2.59. The van der Waals surface area contributed by atoms with Crippen LogP contribution in [0.25, 0.3) is 0 Å². The van der Waals surface area contributed by atoms with Crippen LogP contribution in [0.1, 0.15) is 24.5 Å². The Morgan fingerprint density at radius 3 is 2.60 bits per heavy atom. The average molecular weight is 381 g/mol. The lowest BCUT2D eigenvalue weighted by Gasteiger charge is -2.11. The molecule has 0 atom stereocenters. The van der Waals surface area contributed by atoms with Gasteiger partial charge in [-0.3, -0.25) is 0 Å². The van der Waals surface area contributed by atoms with Gasteiger partial charge >= 0.3 is 0 Å². The van der Waals surface area contributed by atoms with E-state index in [4.69, 9.17) is 4.74 Å². The normalized spacial score (nSPS) is 10.6. The van der Waals surface area contributed by atoms with E-state index < -0.39 is 0 Å². The zero-order chi connectivity index (χ0) is 14.4. The van der Waals surface area contributed by atoms with Gasteiger partial charge in [0.2, 0.25) is 0 Å². The maximum Gasteiger partial charge on any atom is 0.128 e. The average Bonchev–Trinajstić information content (AvgIpc) is 2.41. The second-order valence-electron chi connectivity index (χ2n) is 4.82. The Bertz CT molecular complexity index is 569. The van der Waals surface area contributed by atoms with Crippen molar-refractivity contribution in [3.8, 4) is 11.5 Å². The molecule has 20 heavy (non-hydrogen) atoms. The molecule has 0 heterocycles. The summed E-state index contributed by atoms with van der Waals surface area (Å²) in [6.45, 7) is 6.28. The Kier molecular flexibility index (Phi) is 5.86. The zero-order valence-electron chi connectivity index (χ0n) is 11.9. The monoisotopic (exact) mass is 381 g/mol. The minimum atomic E-state index is 0.883. The van der Waals surface area contributed by atoms with E-state index in [-0.39, 0.29) is 0 Å². The lowest BCUT2D eigenvalue weighted by molar-refractivity contribution is 0.481. The van der Waals surface area contributed by atoms with Gasteiger partial charge in [-0.25, -0.2) is 0 Å². The van der Waals surface area contributed by atoms with E-state index in [1.54, 1.807) is 0 Å². The second kappa shape index (κ2) is 7.64. The van der Waals surface area contributed by atoms with Gasteiger partial charge in [-0.15, -0.1) is 0 Å². The van der Waals surface area contributed by atoms with Crippen molar-refractivity contribution in [3.05, 3.63) is 57.2 Å². The first-order chi connectivity index (χ1) is 9.69. The topological polar surface area (TPSA) is 21.3 Å². The lowest BCUT2D eigenvalue weighted by atomic mass is 10.1. The molecule has 0 aromatic heterocycles. The van der Waals surface area contributed by atoms with E-state index >= 15 is 0 Å². The van der Waals surface area contributed by atoms with Crippen LogP contribution in [0.3, 0.4) is 0 Å². The molecular formula is C17H20INO. The molecule has 0 bridgehead atoms. The molecular weight excluding hydrogens is 361 g/mol. The van der Waals surface area contributed by atoms with Gasteiger partial charge in [0.15, 0.2) is 0 Å². The summed E-state index contributed by atoms with van der Waals surface area (Å²) in [5.74, 6) is 1.77. The molecule has 2 nitrogen and oxygen atoms in total. The standard InChI is InChI=1S/C17H20INO/c1-3-9-19-12-14-7-8-17(10-13(14)2)20-16-6-4-5-15(18)11-16/h4-8,10-11,19H,3,9,12H2,1-2H3. The minimum Gasteiger partial charge on any atom is -0.457 e. The largest absolute Gasteiger partial charge is 0.457 e. The highest BCUT2D eigenvalue weighted by molar-refractivity contribution is 14.1. The van der Waals surface area contributed by atoms with Crippen molar-refractivity contribution in [2.24, 2.45) is 0 Å². The molecule has 0 saturated heterocycles. The van der Waals surface area contributed by atoms with Crippen LogP contribution in [-0.2, 0) is 6.54 Å². The van der Waals surface area contributed by atoms with Crippen molar-refractivity contribution in [2.45, 2.75) is 26.8 Å².